The Morgan fingerprint density at radius 3 is 2.54 bits per heavy atom. The Bertz CT molecular complexity index is 262. The summed E-state index contributed by atoms with van der Waals surface area (Å²) in [7, 11) is 1.69. The van der Waals surface area contributed by atoms with E-state index >= 15 is 0 Å². The molecule has 1 saturated heterocycles. The second-order valence-electron chi connectivity index (χ2n) is 3.22. The molecule has 13 heavy (non-hydrogen) atoms. The highest BCUT2D eigenvalue weighted by Crippen LogP contribution is 2.22. The number of anilines is 1. The third-order valence-electron chi connectivity index (χ3n) is 2.39. The Morgan fingerprint density at radius 2 is 2.00 bits per heavy atom. The molecule has 0 N–H and O–H groups in total. The molecule has 1 fully saturated rings. The van der Waals surface area contributed by atoms with Gasteiger partial charge in [0.15, 0.2) is 0 Å². The van der Waals surface area contributed by atoms with Gasteiger partial charge in [-0.3, -0.25) is 0 Å². The van der Waals surface area contributed by atoms with Gasteiger partial charge in [0.25, 0.3) is 0 Å². The van der Waals surface area contributed by atoms with Crippen LogP contribution in [-0.2, 0) is 0 Å². The molecule has 1 radical (unpaired) electrons. The molecule has 1 aliphatic heterocycles. The normalized spacial score (nSPS) is 16.2. The van der Waals surface area contributed by atoms with Crippen LogP contribution in [0, 0.1) is 6.42 Å². The van der Waals surface area contributed by atoms with E-state index in [1.54, 1.807) is 7.11 Å². The minimum absolute atomic E-state index is 0.923. The molecule has 1 aromatic rings. The van der Waals surface area contributed by atoms with E-state index in [4.69, 9.17) is 4.74 Å². The van der Waals surface area contributed by atoms with Crippen LogP contribution >= 0.6 is 0 Å². The summed E-state index contributed by atoms with van der Waals surface area (Å²) >= 11 is 0. The second-order valence-corrected chi connectivity index (χ2v) is 3.22. The molecule has 1 heterocycles. The first kappa shape index (κ1) is 8.42. The van der Waals surface area contributed by atoms with Crippen LogP contribution in [0.2, 0.25) is 0 Å². The molecule has 0 amide bonds. The highest BCUT2D eigenvalue weighted by Gasteiger charge is 2.11. The first-order valence-corrected chi connectivity index (χ1v) is 4.61. The third kappa shape index (κ3) is 1.77. The van der Waals surface area contributed by atoms with Crippen LogP contribution in [0.5, 0.6) is 5.75 Å². The number of hydrogen-bond acceptors (Lipinski definition) is 2. The molecule has 1 aliphatic rings. The summed E-state index contributed by atoms with van der Waals surface area (Å²) in [5.41, 5.74) is 1.29. The molecule has 0 bridgehead atoms. The lowest BCUT2D eigenvalue weighted by Gasteiger charge is -2.17. The van der Waals surface area contributed by atoms with Crippen LogP contribution in [0.25, 0.3) is 0 Å². The highest BCUT2D eigenvalue weighted by molar-refractivity contribution is 5.50. The van der Waals surface area contributed by atoms with Gasteiger partial charge < -0.3 is 9.64 Å². The zero-order chi connectivity index (χ0) is 9.10. The Morgan fingerprint density at radius 1 is 1.23 bits per heavy atom. The average molecular weight is 176 g/mol. The van der Waals surface area contributed by atoms with E-state index in [-0.39, 0.29) is 0 Å². The molecular formula is C11H14NO. The molecule has 2 nitrogen and oxygen atoms in total. The molecule has 0 unspecified atom stereocenters. The fourth-order valence-corrected chi connectivity index (χ4v) is 1.61. The van der Waals surface area contributed by atoms with E-state index in [1.165, 1.54) is 12.1 Å². The van der Waals surface area contributed by atoms with Gasteiger partial charge in [0.2, 0.25) is 0 Å². The summed E-state index contributed by atoms with van der Waals surface area (Å²) in [5, 5.41) is 0. The lowest BCUT2D eigenvalue weighted by Crippen LogP contribution is -2.17. The van der Waals surface area contributed by atoms with Crippen molar-refractivity contribution in [1.82, 2.24) is 0 Å². The zero-order valence-corrected chi connectivity index (χ0v) is 7.86. The summed E-state index contributed by atoms with van der Waals surface area (Å²) in [6, 6.07) is 8.23. The van der Waals surface area contributed by atoms with Crippen LogP contribution in [0.1, 0.15) is 6.42 Å². The molecule has 2 heteroatoms. The van der Waals surface area contributed by atoms with E-state index < -0.39 is 0 Å². The van der Waals surface area contributed by atoms with E-state index in [0.29, 0.717) is 0 Å². The van der Waals surface area contributed by atoms with Crippen LogP contribution in [0.4, 0.5) is 5.69 Å². The molecule has 0 spiro atoms. The van der Waals surface area contributed by atoms with Gasteiger partial charge in [0.05, 0.1) is 7.11 Å². The number of benzene rings is 1. The SMILES string of the molecule is COc1ccc(N2C[CH]CC2)cc1. The first-order valence-electron chi connectivity index (χ1n) is 4.61. The number of rotatable bonds is 2. The van der Waals surface area contributed by atoms with E-state index in [1.807, 2.05) is 12.1 Å². The van der Waals surface area contributed by atoms with Crippen molar-refractivity contribution >= 4 is 5.69 Å². The second kappa shape index (κ2) is 3.69. The van der Waals surface area contributed by atoms with Gasteiger partial charge in [-0.25, -0.2) is 0 Å². The lowest BCUT2D eigenvalue weighted by atomic mass is 10.3. The van der Waals surface area contributed by atoms with Crippen molar-refractivity contribution in [2.45, 2.75) is 6.42 Å². The van der Waals surface area contributed by atoms with Crippen molar-refractivity contribution in [2.75, 3.05) is 25.1 Å². The molecule has 69 valence electrons. The standard InChI is InChI=1S/C11H14NO/c1-13-11-6-4-10(5-7-11)12-8-2-3-9-12/h2,4-7H,3,8-9H2,1H3. The molecule has 0 saturated carbocycles. The maximum Gasteiger partial charge on any atom is 0.119 e. The Hall–Kier alpha value is -1.18. The predicted octanol–water partition coefficient (Wildman–Crippen LogP) is 2.11. The minimum Gasteiger partial charge on any atom is -0.497 e. The van der Waals surface area contributed by atoms with Gasteiger partial charge in [-0.05, 0) is 37.1 Å². The van der Waals surface area contributed by atoms with Crippen LogP contribution in [0.15, 0.2) is 24.3 Å². The monoisotopic (exact) mass is 176 g/mol. The van der Waals surface area contributed by atoms with Gasteiger partial charge >= 0.3 is 0 Å². The van der Waals surface area contributed by atoms with E-state index in [9.17, 15) is 0 Å². The van der Waals surface area contributed by atoms with Crippen LogP contribution < -0.4 is 9.64 Å². The molecule has 0 aromatic heterocycles. The van der Waals surface area contributed by atoms with Gasteiger partial charge in [-0.1, -0.05) is 0 Å². The Balaban J connectivity index is 2.12. The largest absolute Gasteiger partial charge is 0.497 e. The minimum atomic E-state index is 0.923. The topological polar surface area (TPSA) is 12.5 Å². The molecule has 2 rings (SSSR count). The highest BCUT2D eigenvalue weighted by atomic mass is 16.5. The van der Waals surface area contributed by atoms with Gasteiger partial charge in [-0.15, -0.1) is 0 Å². The van der Waals surface area contributed by atoms with E-state index in [2.05, 4.69) is 23.5 Å². The summed E-state index contributed by atoms with van der Waals surface area (Å²) < 4.78 is 5.11. The quantitative estimate of drug-likeness (QED) is 0.684. The smallest absolute Gasteiger partial charge is 0.119 e. The van der Waals surface area contributed by atoms with Crippen molar-refractivity contribution < 1.29 is 4.74 Å². The zero-order valence-electron chi connectivity index (χ0n) is 7.86. The van der Waals surface area contributed by atoms with Crippen LogP contribution in [0.3, 0.4) is 0 Å². The fourth-order valence-electron chi connectivity index (χ4n) is 1.61. The number of ether oxygens (including phenoxy) is 1. The third-order valence-corrected chi connectivity index (χ3v) is 2.39. The van der Waals surface area contributed by atoms with Crippen molar-refractivity contribution in [3.05, 3.63) is 30.7 Å². The van der Waals surface area contributed by atoms with Crippen molar-refractivity contribution in [3.63, 3.8) is 0 Å². The van der Waals surface area contributed by atoms with Crippen molar-refractivity contribution in [2.24, 2.45) is 0 Å². The average Bonchev–Trinajstić information content (AvgIpc) is 2.71. The number of nitrogens with zero attached hydrogens (tertiary/aromatic N) is 1. The Kier molecular flexibility index (Phi) is 2.39. The maximum absolute atomic E-state index is 5.11. The fraction of sp³-hybridized carbons (Fsp3) is 0.364. The van der Waals surface area contributed by atoms with Crippen molar-refractivity contribution in [3.8, 4) is 5.75 Å². The lowest BCUT2D eigenvalue weighted by molar-refractivity contribution is 0.415. The van der Waals surface area contributed by atoms with Crippen LogP contribution in [-0.4, -0.2) is 20.2 Å². The molecular weight excluding hydrogens is 162 g/mol. The Labute approximate surface area is 79.1 Å². The van der Waals surface area contributed by atoms with Gasteiger partial charge in [0, 0.05) is 18.8 Å². The summed E-state index contributed by atoms with van der Waals surface area (Å²) in [6.07, 6.45) is 3.51. The summed E-state index contributed by atoms with van der Waals surface area (Å²) in [6.45, 7) is 2.22. The molecule has 0 aliphatic carbocycles. The maximum atomic E-state index is 5.11. The van der Waals surface area contributed by atoms with Gasteiger partial charge in [0.1, 0.15) is 5.75 Å². The number of hydrogen-bond donors (Lipinski definition) is 0. The van der Waals surface area contributed by atoms with E-state index in [0.717, 1.165) is 18.8 Å². The molecule has 1 aromatic carbocycles. The predicted molar refractivity (Wildman–Crippen MR) is 54.1 cm³/mol. The molecule has 0 atom stereocenters. The van der Waals surface area contributed by atoms with Crippen molar-refractivity contribution in [1.29, 1.82) is 0 Å². The number of methoxy groups -OCH3 is 1. The summed E-state index contributed by atoms with van der Waals surface area (Å²) in [4.78, 5) is 2.36. The summed E-state index contributed by atoms with van der Waals surface area (Å²) in [5.74, 6) is 0.923. The first-order chi connectivity index (χ1) is 6.40. The van der Waals surface area contributed by atoms with Gasteiger partial charge in [-0.2, -0.15) is 0 Å².